The van der Waals surface area contributed by atoms with Gasteiger partial charge in [-0.15, -0.1) is 0 Å². The quantitative estimate of drug-likeness (QED) is 0.280. The van der Waals surface area contributed by atoms with Crippen molar-refractivity contribution in [2.75, 3.05) is 0 Å². The second kappa shape index (κ2) is 7.49. The van der Waals surface area contributed by atoms with Crippen LogP contribution in [0.2, 0.25) is 0 Å². The molecule has 1 aliphatic heterocycles. The Morgan fingerprint density at radius 2 is 1.50 bits per heavy atom. The third-order valence-corrected chi connectivity index (χ3v) is 5.49. The molecule has 4 rings (SSSR count). The Hall–Kier alpha value is -3.11. The fourth-order valence-electron chi connectivity index (χ4n) is 3.92. The van der Waals surface area contributed by atoms with E-state index in [4.69, 9.17) is 17.6 Å². The van der Waals surface area contributed by atoms with Crippen molar-refractivity contribution < 1.29 is 9.67 Å². The predicted molar refractivity (Wildman–Crippen MR) is 112 cm³/mol. The lowest BCUT2D eigenvalue weighted by Crippen LogP contribution is -2.65. The first-order valence-electron chi connectivity index (χ1n) is 9.06. The average Bonchev–Trinajstić information content (AvgIpc) is 2.75. The van der Waals surface area contributed by atoms with Crippen LogP contribution < -0.4 is 9.88 Å². The van der Waals surface area contributed by atoms with Crippen molar-refractivity contribution in [3.63, 3.8) is 0 Å². The number of nitrogens with one attached hydrogen (secondary N) is 2. The fourth-order valence-corrected chi connectivity index (χ4v) is 4.25. The molecule has 3 unspecified atom stereocenters. The molecule has 0 spiro atoms. The van der Waals surface area contributed by atoms with Crippen LogP contribution in [0.4, 0.5) is 0 Å². The average molecular weight is 387 g/mol. The fraction of sp³-hybridized carbons (Fsp3) is 0.130. The summed E-state index contributed by atoms with van der Waals surface area (Å²) in [5.41, 5.74) is 0.786. The monoisotopic (exact) mass is 386 g/mol. The molecule has 0 radical (unpaired) electrons. The lowest BCUT2D eigenvalue weighted by atomic mass is 9.74. The Morgan fingerprint density at radius 1 is 0.929 bits per heavy atom. The number of benzene rings is 2. The number of rotatable bonds is 3. The molecule has 3 N–H and O–H groups in total. The van der Waals surface area contributed by atoms with Crippen molar-refractivity contribution in [3.05, 3.63) is 108 Å². The van der Waals surface area contributed by atoms with Gasteiger partial charge in [-0.2, -0.15) is 4.57 Å². The third kappa shape index (κ3) is 3.06. The smallest absolute Gasteiger partial charge is 0.227 e. The number of hydrogen-bond donors (Lipinski definition) is 3. The molecule has 0 bridgehead atoms. The Kier molecular flexibility index (Phi) is 4.88. The highest BCUT2D eigenvalue weighted by Crippen LogP contribution is 2.45. The highest BCUT2D eigenvalue weighted by Gasteiger charge is 2.56. The summed E-state index contributed by atoms with van der Waals surface area (Å²) in [6.45, 7) is 0. The normalized spacial score (nSPS) is 24.3. The molecule has 0 saturated carbocycles. The first-order chi connectivity index (χ1) is 13.6. The van der Waals surface area contributed by atoms with Gasteiger partial charge in [-0.3, -0.25) is 5.41 Å². The molecule has 2 aromatic carbocycles. The molecule has 2 heterocycles. The summed E-state index contributed by atoms with van der Waals surface area (Å²) < 4.78 is 1.97. The van der Waals surface area contributed by atoms with Gasteiger partial charge in [-0.05, 0) is 11.4 Å². The summed E-state index contributed by atoms with van der Waals surface area (Å²) in [6.07, 6.45) is 3.85. The Bertz CT molecular complexity index is 1030. The Morgan fingerprint density at radius 3 is 2.11 bits per heavy atom. The molecule has 5 heteroatoms. The number of nitrogens with zero attached hydrogens (tertiary/aromatic N) is 1. The van der Waals surface area contributed by atoms with Gasteiger partial charge in [0.25, 0.3) is 0 Å². The summed E-state index contributed by atoms with van der Waals surface area (Å²) >= 11 is 5.56. The van der Waals surface area contributed by atoms with E-state index >= 15 is 0 Å². The molecule has 0 amide bonds. The van der Waals surface area contributed by atoms with Crippen LogP contribution in [0.25, 0.3) is 0 Å². The summed E-state index contributed by atoms with van der Waals surface area (Å²) in [6, 6.07) is 24.6. The van der Waals surface area contributed by atoms with E-state index in [1.165, 1.54) is 0 Å². The number of pyridine rings is 1. The van der Waals surface area contributed by atoms with Gasteiger partial charge in [0.1, 0.15) is 4.99 Å². The van der Waals surface area contributed by atoms with Gasteiger partial charge in [0.05, 0.1) is 11.5 Å². The van der Waals surface area contributed by atoms with Crippen LogP contribution in [0.3, 0.4) is 0 Å². The van der Waals surface area contributed by atoms with Crippen LogP contribution in [-0.2, 0) is 5.72 Å². The zero-order valence-corrected chi connectivity index (χ0v) is 15.9. The maximum atomic E-state index is 11.9. The van der Waals surface area contributed by atoms with Crippen LogP contribution in [0.15, 0.2) is 96.8 Å². The van der Waals surface area contributed by atoms with Crippen LogP contribution in [-0.4, -0.2) is 16.0 Å². The van der Waals surface area contributed by atoms with E-state index in [2.05, 4.69) is 11.2 Å². The molecule has 3 atom stereocenters. The highest BCUT2D eigenvalue weighted by molar-refractivity contribution is 7.80. The second-order valence-corrected chi connectivity index (χ2v) is 7.19. The van der Waals surface area contributed by atoms with Crippen molar-refractivity contribution in [2.24, 2.45) is 0 Å². The molecule has 1 aromatic heterocycles. The van der Waals surface area contributed by atoms with Crippen molar-refractivity contribution >= 4 is 23.1 Å². The van der Waals surface area contributed by atoms with Gasteiger partial charge in [0, 0.05) is 17.7 Å². The van der Waals surface area contributed by atoms with Gasteiger partial charge < -0.3 is 10.4 Å². The van der Waals surface area contributed by atoms with Gasteiger partial charge in [0.2, 0.25) is 11.8 Å². The van der Waals surface area contributed by atoms with Crippen LogP contribution >= 0.6 is 12.2 Å². The third-order valence-electron chi connectivity index (χ3n) is 5.17. The Labute approximate surface area is 169 Å². The van der Waals surface area contributed by atoms with Gasteiger partial charge >= 0.3 is 0 Å². The lowest BCUT2D eigenvalue weighted by molar-refractivity contribution is -0.743. The van der Waals surface area contributed by atoms with Crippen LogP contribution in [0.5, 0.6) is 0 Å². The van der Waals surface area contributed by atoms with Crippen LogP contribution in [0, 0.1) is 5.41 Å². The summed E-state index contributed by atoms with van der Waals surface area (Å²) in [7, 11) is 0. The molecule has 138 valence electrons. The van der Waals surface area contributed by atoms with E-state index in [1.54, 1.807) is 0 Å². The number of piperidine rings is 1. The number of aliphatic hydroxyl groups is 1. The van der Waals surface area contributed by atoms with Crippen LogP contribution in [0.1, 0.15) is 23.1 Å². The van der Waals surface area contributed by atoms with Crippen molar-refractivity contribution in [2.45, 2.75) is 17.7 Å². The zero-order chi connectivity index (χ0) is 19.6. The van der Waals surface area contributed by atoms with Crippen molar-refractivity contribution in [1.29, 1.82) is 5.41 Å². The summed E-state index contributed by atoms with van der Waals surface area (Å²) in [4.78, 5) is 0.336. The first-order valence-corrected chi connectivity index (χ1v) is 9.46. The zero-order valence-electron chi connectivity index (χ0n) is 15.1. The molecule has 0 aliphatic carbocycles. The molecular weight excluding hydrogens is 366 g/mol. The van der Waals surface area contributed by atoms with E-state index in [1.807, 2.05) is 95.8 Å². The van der Waals surface area contributed by atoms with Gasteiger partial charge in [-0.25, -0.2) is 0 Å². The van der Waals surface area contributed by atoms with E-state index in [0.29, 0.717) is 16.1 Å². The maximum absolute atomic E-state index is 11.9. The van der Waals surface area contributed by atoms with Gasteiger partial charge in [0.15, 0.2) is 12.4 Å². The minimum Gasteiger partial charge on any atom is -0.362 e. The van der Waals surface area contributed by atoms with E-state index in [0.717, 1.165) is 5.56 Å². The molecule has 4 nitrogen and oxygen atoms in total. The Balaban J connectivity index is 2.00. The number of thiocarbonyl (C=S) groups is 1. The molecule has 3 aromatic rings. The summed E-state index contributed by atoms with van der Waals surface area (Å²) in [5.74, 6) is 2.19. The van der Waals surface area contributed by atoms with E-state index in [-0.39, 0.29) is 5.92 Å². The van der Waals surface area contributed by atoms with E-state index < -0.39 is 11.8 Å². The minimum atomic E-state index is -1.45. The first kappa shape index (κ1) is 18.3. The maximum Gasteiger partial charge on any atom is 0.227 e. The summed E-state index contributed by atoms with van der Waals surface area (Å²) in [5, 5.41) is 22.9. The van der Waals surface area contributed by atoms with Gasteiger partial charge in [-0.1, -0.05) is 78.9 Å². The standard InChI is InChI=1S/C23H19N3OS/c24-16-19-20(17-10-4-1-5-11-17)21(26-14-8-3-9-15-26)23(27,25-22(19)28)18-12-6-2-7-13-18/h1-15,20-21,24,27H/p+1. The number of hydrogen-bond acceptors (Lipinski definition) is 3. The topological polar surface area (TPSA) is 60.0 Å². The molecule has 1 saturated heterocycles. The predicted octanol–water partition coefficient (Wildman–Crippen LogP) is 3.25. The second-order valence-electron chi connectivity index (χ2n) is 6.78. The van der Waals surface area contributed by atoms with Crippen molar-refractivity contribution in [1.82, 2.24) is 5.32 Å². The SMILES string of the molecule is N=C=C1C(=S)NC(O)(c2ccccc2)C([n+]2ccccc2)C1c1ccccc1. The molecule has 28 heavy (non-hydrogen) atoms. The molecular formula is C23H20N3OS+. The van der Waals surface area contributed by atoms with E-state index in [9.17, 15) is 5.11 Å². The number of aromatic nitrogens is 1. The highest BCUT2D eigenvalue weighted by atomic mass is 32.1. The molecule has 1 fully saturated rings. The lowest BCUT2D eigenvalue weighted by Gasteiger charge is -2.43. The van der Waals surface area contributed by atoms with Crippen molar-refractivity contribution in [3.8, 4) is 0 Å². The molecule has 1 aliphatic rings. The minimum absolute atomic E-state index is 0.336. The largest absolute Gasteiger partial charge is 0.362 e.